The molecule has 0 fully saturated rings. The second-order valence-electron chi connectivity index (χ2n) is 4.54. The van der Waals surface area contributed by atoms with Crippen molar-refractivity contribution in [1.82, 2.24) is 5.32 Å². The zero-order valence-corrected chi connectivity index (χ0v) is 10.9. The average molecular weight is 243 g/mol. The SMILES string of the molecule is CCc1ccc(-c2cc3c(s2)CNCC3)cc1. The van der Waals surface area contributed by atoms with E-state index in [-0.39, 0.29) is 0 Å². The minimum atomic E-state index is 1.05. The molecular formula is C15H17NS. The largest absolute Gasteiger partial charge is 0.312 e. The van der Waals surface area contributed by atoms with Crippen LogP contribution in [0.25, 0.3) is 10.4 Å². The van der Waals surface area contributed by atoms with Gasteiger partial charge < -0.3 is 5.32 Å². The maximum Gasteiger partial charge on any atom is 0.0349 e. The van der Waals surface area contributed by atoms with E-state index in [1.54, 1.807) is 5.56 Å². The third-order valence-corrected chi connectivity index (χ3v) is 4.63. The van der Waals surface area contributed by atoms with E-state index < -0.39 is 0 Å². The van der Waals surface area contributed by atoms with E-state index >= 15 is 0 Å². The standard InChI is InChI=1S/C15H17NS/c1-2-11-3-5-12(6-4-11)14-9-13-7-8-16-10-15(13)17-14/h3-6,9,16H,2,7-8,10H2,1H3. The fourth-order valence-corrected chi connectivity index (χ4v) is 3.49. The molecule has 1 aromatic carbocycles. The Morgan fingerprint density at radius 2 is 2.06 bits per heavy atom. The molecule has 2 heterocycles. The van der Waals surface area contributed by atoms with Gasteiger partial charge in [-0.25, -0.2) is 0 Å². The van der Waals surface area contributed by atoms with Crippen molar-refractivity contribution in [1.29, 1.82) is 0 Å². The van der Waals surface area contributed by atoms with Crippen molar-refractivity contribution < 1.29 is 0 Å². The molecule has 0 bridgehead atoms. The third-order valence-electron chi connectivity index (χ3n) is 3.40. The summed E-state index contributed by atoms with van der Waals surface area (Å²) in [5.41, 5.74) is 4.32. The van der Waals surface area contributed by atoms with Crippen molar-refractivity contribution in [2.45, 2.75) is 26.3 Å². The van der Waals surface area contributed by atoms with Gasteiger partial charge in [0.25, 0.3) is 0 Å². The summed E-state index contributed by atoms with van der Waals surface area (Å²) < 4.78 is 0. The minimum Gasteiger partial charge on any atom is -0.312 e. The molecule has 1 aliphatic rings. The smallest absolute Gasteiger partial charge is 0.0349 e. The monoisotopic (exact) mass is 243 g/mol. The number of benzene rings is 1. The van der Waals surface area contributed by atoms with Gasteiger partial charge in [0.2, 0.25) is 0 Å². The fraction of sp³-hybridized carbons (Fsp3) is 0.333. The van der Waals surface area contributed by atoms with Crippen LogP contribution in [-0.2, 0) is 19.4 Å². The number of hydrogen-bond donors (Lipinski definition) is 1. The number of fused-ring (bicyclic) bond motifs is 1. The predicted molar refractivity (Wildman–Crippen MR) is 74.5 cm³/mol. The molecule has 0 aliphatic carbocycles. The molecule has 1 N–H and O–H groups in total. The summed E-state index contributed by atoms with van der Waals surface area (Å²) in [6, 6.07) is 11.4. The molecule has 3 rings (SSSR count). The highest BCUT2D eigenvalue weighted by molar-refractivity contribution is 7.15. The van der Waals surface area contributed by atoms with E-state index in [2.05, 4.69) is 42.6 Å². The summed E-state index contributed by atoms with van der Waals surface area (Å²) in [5.74, 6) is 0. The van der Waals surface area contributed by atoms with Crippen LogP contribution in [0, 0.1) is 0 Å². The van der Waals surface area contributed by atoms with E-state index in [9.17, 15) is 0 Å². The van der Waals surface area contributed by atoms with Crippen molar-refractivity contribution in [2.75, 3.05) is 6.54 Å². The van der Waals surface area contributed by atoms with E-state index in [0.717, 1.165) is 19.5 Å². The van der Waals surface area contributed by atoms with Gasteiger partial charge >= 0.3 is 0 Å². The van der Waals surface area contributed by atoms with Gasteiger partial charge in [-0.15, -0.1) is 11.3 Å². The second kappa shape index (κ2) is 4.63. The Hall–Kier alpha value is -1.12. The van der Waals surface area contributed by atoms with Crippen LogP contribution in [-0.4, -0.2) is 6.54 Å². The summed E-state index contributed by atoms with van der Waals surface area (Å²) in [6.45, 7) is 4.37. The molecule has 2 aromatic rings. The lowest BCUT2D eigenvalue weighted by atomic mass is 10.1. The Kier molecular flexibility index (Phi) is 3.00. The zero-order chi connectivity index (χ0) is 11.7. The van der Waals surface area contributed by atoms with Gasteiger partial charge in [-0.1, -0.05) is 31.2 Å². The number of aryl methyl sites for hydroxylation is 1. The molecule has 88 valence electrons. The van der Waals surface area contributed by atoms with Crippen molar-refractivity contribution in [3.63, 3.8) is 0 Å². The molecule has 0 saturated heterocycles. The molecular weight excluding hydrogens is 226 g/mol. The van der Waals surface area contributed by atoms with E-state index in [1.165, 1.54) is 27.3 Å². The first kappa shape index (κ1) is 11.0. The minimum absolute atomic E-state index is 1.05. The Labute approximate surface area is 106 Å². The highest BCUT2D eigenvalue weighted by Crippen LogP contribution is 2.33. The normalized spacial score (nSPS) is 14.6. The molecule has 1 aliphatic heterocycles. The Balaban J connectivity index is 1.94. The van der Waals surface area contributed by atoms with Crippen LogP contribution in [0.2, 0.25) is 0 Å². The maximum atomic E-state index is 3.43. The number of nitrogens with one attached hydrogen (secondary N) is 1. The predicted octanol–water partition coefficient (Wildman–Crippen LogP) is 3.62. The Morgan fingerprint density at radius 3 is 2.76 bits per heavy atom. The van der Waals surface area contributed by atoms with Crippen LogP contribution in [0.15, 0.2) is 30.3 Å². The first-order valence-corrected chi connectivity index (χ1v) is 7.10. The average Bonchev–Trinajstić information content (AvgIpc) is 2.82. The lowest BCUT2D eigenvalue weighted by molar-refractivity contribution is 0.655. The van der Waals surface area contributed by atoms with Crippen LogP contribution in [0.5, 0.6) is 0 Å². The first-order chi connectivity index (χ1) is 8.36. The lowest BCUT2D eigenvalue weighted by Crippen LogP contribution is -2.21. The van der Waals surface area contributed by atoms with Crippen LogP contribution >= 0.6 is 11.3 Å². The summed E-state index contributed by atoms with van der Waals surface area (Å²) in [7, 11) is 0. The third kappa shape index (κ3) is 2.15. The van der Waals surface area contributed by atoms with Gasteiger partial charge in [0.15, 0.2) is 0 Å². The van der Waals surface area contributed by atoms with Gasteiger partial charge in [0.05, 0.1) is 0 Å². The van der Waals surface area contributed by atoms with Gasteiger partial charge in [0.1, 0.15) is 0 Å². The highest BCUT2D eigenvalue weighted by Gasteiger charge is 2.13. The van der Waals surface area contributed by atoms with E-state index in [4.69, 9.17) is 0 Å². The second-order valence-corrected chi connectivity index (χ2v) is 5.67. The quantitative estimate of drug-likeness (QED) is 0.849. The molecule has 0 atom stereocenters. The van der Waals surface area contributed by atoms with Gasteiger partial charge in [-0.05, 0) is 42.1 Å². The molecule has 2 heteroatoms. The van der Waals surface area contributed by atoms with E-state index in [1.807, 2.05) is 11.3 Å². The molecule has 1 nitrogen and oxygen atoms in total. The molecule has 0 unspecified atom stereocenters. The van der Waals surface area contributed by atoms with Gasteiger partial charge in [-0.2, -0.15) is 0 Å². The summed E-state index contributed by atoms with van der Waals surface area (Å²) in [5, 5.41) is 3.43. The lowest BCUT2D eigenvalue weighted by Gasteiger charge is -2.10. The number of hydrogen-bond acceptors (Lipinski definition) is 2. The van der Waals surface area contributed by atoms with Crippen LogP contribution in [0.3, 0.4) is 0 Å². The topological polar surface area (TPSA) is 12.0 Å². The van der Waals surface area contributed by atoms with Crippen molar-refractivity contribution in [3.8, 4) is 10.4 Å². The molecule has 17 heavy (non-hydrogen) atoms. The van der Waals surface area contributed by atoms with Crippen LogP contribution in [0.1, 0.15) is 22.9 Å². The van der Waals surface area contributed by atoms with Crippen molar-refractivity contribution >= 4 is 11.3 Å². The summed E-state index contributed by atoms with van der Waals surface area (Å²) >= 11 is 1.94. The number of rotatable bonds is 2. The molecule has 0 radical (unpaired) electrons. The van der Waals surface area contributed by atoms with Crippen LogP contribution in [0.4, 0.5) is 0 Å². The Morgan fingerprint density at radius 1 is 1.24 bits per heavy atom. The van der Waals surface area contributed by atoms with Crippen LogP contribution < -0.4 is 5.32 Å². The van der Waals surface area contributed by atoms with Gasteiger partial charge in [0, 0.05) is 16.3 Å². The van der Waals surface area contributed by atoms with Crippen molar-refractivity contribution in [2.24, 2.45) is 0 Å². The Bertz CT molecular complexity index is 487. The zero-order valence-electron chi connectivity index (χ0n) is 10.1. The highest BCUT2D eigenvalue weighted by atomic mass is 32.1. The molecule has 1 aromatic heterocycles. The summed E-state index contributed by atoms with van der Waals surface area (Å²) in [6.07, 6.45) is 2.30. The molecule has 0 amide bonds. The number of thiophene rings is 1. The first-order valence-electron chi connectivity index (χ1n) is 6.28. The maximum absolute atomic E-state index is 3.43. The molecule has 0 spiro atoms. The van der Waals surface area contributed by atoms with Crippen molar-refractivity contribution in [3.05, 3.63) is 46.3 Å². The van der Waals surface area contributed by atoms with Gasteiger partial charge in [-0.3, -0.25) is 0 Å². The molecule has 0 saturated carbocycles. The fourth-order valence-electron chi connectivity index (χ4n) is 2.30. The van der Waals surface area contributed by atoms with E-state index in [0.29, 0.717) is 0 Å². The summed E-state index contributed by atoms with van der Waals surface area (Å²) in [4.78, 5) is 2.94.